The summed E-state index contributed by atoms with van der Waals surface area (Å²) < 4.78 is 111. The van der Waals surface area contributed by atoms with Crippen LogP contribution in [0.15, 0.2) is 0 Å². The van der Waals surface area contributed by atoms with E-state index in [0.717, 1.165) is 7.11 Å². The zero-order chi connectivity index (χ0) is 18.3. The van der Waals surface area contributed by atoms with Gasteiger partial charge in [0.05, 0.1) is 6.54 Å². The van der Waals surface area contributed by atoms with Gasteiger partial charge in [0.15, 0.2) is 18.0 Å². The number of rotatable bonds is 5. The van der Waals surface area contributed by atoms with E-state index in [0.29, 0.717) is 4.68 Å². The molecular weight excluding hydrogens is 352 g/mol. The highest BCUT2D eigenvalue weighted by Gasteiger charge is 2.52. The summed E-state index contributed by atoms with van der Waals surface area (Å²) in [6.07, 6.45) is -13.6. The number of fused-ring (bicyclic) bond motifs is 1. The average molecular weight is 366 g/mol. The lowest BCUT2D eigenvalue weighted by molar-refractivity contribution is -0.155. The van der Waals surface area contributed by atoms with Crippen molar-refractivity contribution in [3.63, 3.8) is 0 Å². The molecule has 0 spiro atoms. The van der Waals surface area contributed by atoms with Crippen molar-refractivity contribution in [2.45, 2.75) is 49.9 Å². The summed E-state index contributed by atoms with van der Waals surface area (Å²) in [6, 6.07) is 0. The van der Waals surface area contributed by atoms with E-state index >= 15 is 0 Å². The van der Waals surface area contributed by atoms with Crippen LogP contribution in [-0.4, -0.2) is 41.8 Å². The molecule has 24 heavy (non-hydrogen) atoms. The lowest BCUT2D eigenvalue weighted by Gasteiger charge is -2.31. The Morgan fingerprint density at radius 3 is 2.42 bits per heavy atom. The molecule has 0 N–H and O–H groups in total. The summed E-state index contributed by atoms with van der Waals surface area (Å²) in [5.41, 5.74) is -2.83. The molecule has 0 radical (unpaired) electrons. The minimum atomic E-state index is -5.08. The standard InChI is InChI=1S/C13H14F8N2O/c1-24-11-9-8(2-3-12(11,17)18)23(5-7(16)6(15)4-14)22-10(9)13(19,20)21/h6-7,11H,2-5H2,1H3/t6?,7?,11-/m0/s1. The summed E-state index contributed by atoms with van der Waals surface area (Å²) in [5.74, 6) is -3.56. The molecule has 3 atom stereocenters. The molecule has 3 nitrogen and oxygen atoms in total. The Balaban J connectivity index is 2.52. The molecule has 0 aromatic carbocycles. The van der Waals surface area contributed by atoms with E-state index in [4.69, 9.17) is 0 Å². The zero-order valence-electron chi connectivity index (χ0n) is 12.4. The van der Waals surface area contributed by atoms with Gasteiger partial charge in [0.1, 0.15) is 12.8 Å². The predicted octanol–water partition coefficient (Wildman–Crippen LogP) is 3.82. The molecule has 1 aliphatic carbocycles. The molecular formula is C13H14F8N2O. The maximum absolute atomic E-state index is 13.9. The molecule has 1 aromatic rings. The van der Waals surface area contributed by atoms with E-state index in [1.54, 1.807) is 0 Å². The number of hydrogen-bond acceptors (Lipinski definition) is 2. The summed E-state index contributed by atoms with van der Waals surface area (Å²) in [4.78, 5) is 0. The van der Waals surface area contributed by atoms with E-state index in [-0.39, 0.29) is 5.69 Å². The maximum Gasteiger partial charge on any atom is 0.435 e. The lowest BCUT2D eigenvalue weighted by Crippen LogP contribution is -2.35. The average Bonchev–Trinajstić information content (AvgIpc) is 2.84. The van der Waals surface area contributed by atoms with Gasteiger partial charge < -0.3 is 4.74 Å². The Hall–Kier alpha value is -1.39. The SMILES string of the molecule is CO[C@H]1c2c(C(F)(F)F)nn(CC(F)C(F)CF)c2CCC1(F)F. The first kappa shape index (κ1) is 18.9. The third kappa shape index (κ3) is 3.35. The van der Waals surface area contributed by atoms with E-state index in [2.05, 4.69) is 9.84 Å². The van der Waals surface area contributed by atoms with Crippen LogP contribution in [0.3, 0.4) is 0 Å². The van der Waals surface area contributed by atoms with Crippen molar-refractivity contribution in [1.82, 2.24) is 9.78 Å². The predicted molar refractivity (Wildman–Crippen MR) is 66.0 cm³/mol. The molecule has 1 aromatic heterocycles. The molecule has 1 heterocycles. The molecule has 2 rings (SSSR count). The first-order valence-electron chi connectivity index (χ1n) is 6.94. The van der Waals surface area contributed by atoms with Gasteiger partial charge in [0.2, 0.25) is 0 Å². The number of methoxy groups -OCH3 is 1. The molecule has 138 valence electrons. The molecule has 0 saturated heterocycles. The molecule has 0 aliphatic heterocycles. The van der Waals surface area contributed by atoms with Gasteiger partial charge in [-0.25, -0.2) is 22.0 Å². The zero-order valence-corrected chi connectivity index (χ0v) is 12.4. The van der Waals surface area contributed by atoms with E-state index in [1.165, 1.54) is 0 Å². The number of aromatic nitrogens is 2. The summed E-state index contributed by atoms with van der Waals surface area (Å²) in [6.45, 7) is -2.67. The van der Waals surface area contributed by atoms with Crippen LogP contribution in [0.4, 0.5) is 35.1 Å². The van der Waals surface area contributed by atoms with Crippen LogP contribution >= 0.6 is 0 Å². The lowest BCUT2D eigenvalue weighted by atomic mass is 9.89. The highest BCUT2D eigenvalue weighted by molar-refractivity contribution is 5.35. The summed E-state index contributed by atoms with van der Waals surface area (Å²) in [5, 5.41) is 3.13. The van der Waals surface area contributed by atoms with Gasteiger partial charge >= 0.3 is 6.18 Å². The van der Waals surface area contributed by atoms with Crippen LogP contribution in [0.2, 0.25) is 0 Å². The van der Waals surface area contributed by atoms with Gasteiger partial charge in [-0.3, -0.25) is 4.68 Å². The molecule has 0 fully saturated rings. The van der Waals surface area contributed by atoms with E-state index < -0.39 is 67.9 Å². The first-order chi connectivity index (χ1) is 11.0. The molecule has 0 saturated carbocycles. The Morgan fingerprint density at radius 2 is 1.92 bits per heavy atom. The highest BCUT2D eigenvalue weighted by Crippen LogP contribution is 2.48. The topological polar surface area (TPSA) is 27.1 Å². The van der Waals surface area contributed by atoms with Gasteiger partial charge in [0, 0.05) is 24.8 Å². The van der Waals surface area contributed by atoms with E-state index in [1.807, 2.05) is 0 Å². The van der Waals surface area contributed by atoms with Crippen molar-refractivity contribution in [3.05, 3.63) is 17.0 Å². The quantitative estimate of drug-likeness (QED) is 0.741. The van der Waals surface area contributed by atoms with Gasteiger partial charge in [-0.05, 0) is 6.42 Å². The fourth-order valence-corrected chi connectivity index (χ4v) is 2.70. The minimum Gasteiger partial charge on any atom is -0.370 e. The minimum absolute atomic E-state index is 0.311. The number of hydrogen-bond donors (Lipinski definition) is 0. The molecule has 1 aliphatic rings. The van der Waals surface area contributed by atoms with E-state index in [9.17, 15) is 35.1 Å². The second kappa shape index (κ2) is 6.49. The molecule has 0 bridgehead atoms. The van der Waals surface area contributed by atoms with Gasteiger partial charge in [-0.1, -0.05) is 0 Å². The third-order valence-corrected chi connectivity index (χ3v) is 3.83. The van der Waals surface area contributed by atoms with Crippen LogP contribution in [0, 0.1) is 0 Å². The highest BCUT2D eigenvalue weighted by atomic mass is 19.4. The Kier molecular flexibility index (Phi) is 5.12. The van der Waals surface area contributed by atoms with Crippen LogP contribution in [0.5, 0.6) is 0 Å². The largest absolute Gasteiger partial charge is 0.435 e. The van der Waals surface area contributed by atoms with Gasteiger partial charge in [-0.15, -0.1) is 0 Å². The number of nitrogens with zero attached hydrogens (tertiary/aromatic N) is 2. The Morgan fingerprint density at radius 1 is 1.29 bits per heavy atom. The second-order valence-corrected chi connectivity index (χ2v) is 5.45. The van der Waals surface area contributed by atoms with Gasteiger partial charge in [0.25, 0.3) is 5.92 Å². The van der Waals surface area contributed by atoms with Crippen LogP contribution in [0.25, 0.3) is 0 Å². The summed E-state index contributed by atoms with van der Waals surface area (Å²) in [7, 11) is 0.823. The normalized spacial score (nSPS) is 23.0. The first-order valence-corrected chi connectivity index (χ1v) is 6.94. The molecule has 2 unspecified atom stereocenters. The van der Waals surface area contributed by atoms with Crippen molar-refractivity contribution in [1.29, 1.82) is 0 Å². The van der Waals surface area contributed by atoms with Crippen LogP contribution in [-0.2, 0) is 23.9 Å². The van der Waals surface area contributed by atoms with Crippen LogP contribution < -0.4 is 0 Å². The molecule has 11 heteroatoms. The van der Waals surface area contributed by atoms with Crippen molar-refractivity contribution in [3.8, 4) is 0 Å². The number of halogens is 8. The molecule has 0 amide bonds. The second-order valence-electron chi connectivity index (χ2n) is 5.45. The summed E-state index contributed by atoms with van der Waals surface area (Å²) >= 11 is 0. The smallest absolute Gasteiger partial charge is 0.370 e. The monoisotopic (exact) mass is 366 g/mol. The van der Waals surface area contributed by atoms with Crippen molar-refractivity contribution in [2.75, 3.05) is 13.8 Å². The fourth-order valence-electron chi connectivity index (χ4n) is 2.70. The Bertz CT molecular complexity index is 585. The van der Waals surface area contributed by atoms with Crippen molar-refractivity contribution < 1.29 is 39.9 Å². The van der Waals surface area contributed by atoms with Crippen molar-refractivity contribution >= 4 is 0 Å². The fraction of sp³-hybridized carbons (Fsp3) is 0.769. The maximum atomic E-state index is 13.9. The number of alkyl halides is 8. The van der Waals surface area contributed by atoms with Crippen LogP contribution in [0.1, 0.15) is 29.5 Å². The van der Waals surface area contributed by atoms with Gasteiger partial charge in [-0.2, -0.15) is 18.3 Å². The Labute approximate surface area is 131 Å². The van der Waals surface area contributed by atoms with Crippen molar-refractivity contribution in [2.24, 2.45) is 0 Å². The third-order valence-electron chi connectivity index (χ3n) is 3.83. The number of ether oxygens (including phenoxy) is 1.